The Morgan fingerprint density at radius 2 is 1.97 bits per heavy atom. The monoisotopic (exact) mass is 454 g/mol. The number of benzene rings is 2. The summed E-state index contributed by atoms with van der Waals surface area (Å²) >= 11 is 0. The Morgan fingerprint density at radius 3 is 2.58 bits per heavy atom. The van der Waals surface area contributed by atoms with Gasteiger partial charge in [-0.25, -0.2) is 9.91 Å². The fourth-order valence-corrected chi connectivity index (χ4v) is 3.48. The number of hydrazine groups is 1. The average molecular weight is 454 g/mol. The first-order valence-electron chi connectivity index (χ1n) is 10.1. The summed E-state index contributed by atoms with van der Waals surface area (Å²) in [6, 6.07) is 8.86. The Morgan fingerprint density at radius 1 is 1.24 bits per heavy atom. The normalized spacial score (nSPS) is 15.4. The molecular weight excluding hydrogens is 432 g/mol. The largest absolute Gasteiger partial charge is 0.494 e. The lowest BCUT2D eigenvalue weighted by atomic mass is 10.1. The van der Waals surface area contributed by atoms with Gasteiger partial charge in [-0.1, -0.05) is 24.6 Å². The Hall–Kier alpha value is -4.28. The molecule has 0 spiro atoms. The van der Waals surface area contributed by atoms with Crippen molar-refractivity contribution >= 4 is 35.0 Å². The molecule has 1 heterocycles. The van der Waals surface area contributed by atoms with Crippen LogP contribution in [-0.4, -0.2) is 46.7 Å². The van der Waals surface area contributed by atoms with Crippen LogP contribution >= 0.6 is 0 Å². The highest BCUT2D eigenvalue weighted by Gasteiger charge is 2.46. The SMILES string of the molecule is CCC(=O)N(NC(=O)c1cccc(C)c1)C1CC(=O)N(c2ccc([N+](=O)[O-])cc2OC)C1=O. The number of amides is 4. The van der Waals surface area contributed by atoms with Crippen molar-refractivity contribution in [2.24, 2.45) is 0 Å². The van der Waals surface area contributed by atoms with Gasteiger partial charge in [0, 0.05) is 18.1 Å². The number of rotatable bonds is 6. The number of aryl methyl sites for hydroxylation is 1. The van der Waals surface area contributed by atoms with E-state index in [0.29, 0.717) is 0 Å². The lowest BCUT2D eigenvalue weighted by molar-refractivity contribution is -0.384. The van der Waals surface area contributed by atoms with E-state index in [1.54, 1.807) is 38.1 Å². The molecule has 1 aliphatic rings. The predicted molar refractivity (Wildman–Crippen MR) is 116 cm³/mol. The maximum Gasteiger partial charge on any atom is 0.273 e. The molecule has 1 aliphatic heterocycles. The summed E-state index contributed by atoms with van der Waals surface area (Å²) < 4.78 is 5.14. The minimum absolute atomic E-state index is 0.00880. The third kappa shape index (κ3) is 4.66. The van der Waals surface area contributed by atoms with Crippen LogP contribution in [0.3, 0.4) is 0 Å². The number of hydrogen-bond donors (Lipinski definition) is 1. The number of nitrogens with one attached hydrogen (secondary N) is 1. The fourth-order valence-electron chi connectivity index (χ4n) is 3.48. The molecule has 0 radical (unpaired) electrons. The van der Waals surface area contributed by atoms with Crippen LogP contribution in [0.15, 0.2) is 42.5 Å². The summed E-state index contributed by atoms with van der Waals surface area (Å²) in [7, 11) is 1.25. The Balaban J connectivity index is 1.92. The maximum absolute atomic E-state index is 13.2. The highest BCUT2D eigenvalue weighted by molar-refractivity contribution is 6.23. The number of nitro benzene ring substituents is 1. The van der Waals surface area contributed by atoms with Crippen LogP contribution in [0.25, 0.3) is 0 Å². The molecule has 33 heavy (non-hydrogen) atoms. The Kier molecular flexibility index (Phi) is 6.71. The summed E-state index contributed by atoms with van der Waals surface area (Å²) in [5.41, 5.74) is 3.30. The van der Waals surface area contributed by atoms with E-state index in [0.717, 1.165) is 27.6 Å². The molecular formula is C22H22N4O7. The molecule has 4 amide bonds. The van der Waals surface area contributed by atoms with E-state index in [1.165, 1.54) is 13.2 Å². The van der Waals surface area contributed by atoms with Crippen molar-refractivity contribution in [3.63, 3.8) is 0 Å². The molecule has 1 N–H and O–H groups in total. The molecule has 0 bridgehead atoms. The number of nitro groups is 1. The van der Waals surface area contributed by atoms with Gasteiger partial charge in [-0.3, -0.25) is 34.7 Å². The quantitative estimate of drug-likeness (QED) is 0.401. The summed E-state index contributed by atoms with van der Waals surface area (Å²) in [5.74, 6) is -2.62. The molecule has 2 aromatic carbocycles. The predicted octanol–water partition coefficient (Wildman–Crippen LogP) is 2.13. The fraction of sp³-hybridized carbons (Fsp3) is 0.273. The second-order valence-corrected chi connectivity index (χ2v) is 7.33. The van der Waals surface area contributed by atoms with E-state index in [9.17, 15) is 29.3 Å². The number of carbonyl (C=O) groups excluding carboxylic acids is 4. The van der Waals surface area contributed by atoms with Crippen molar-refractivity contribution in [1.82, 2.24) is 10.4 Å². The first-order valence-corrected chi connectivity index (χ1v) is 10.1. The number of anilines is 1. The van der Waals surface area contributed by atoms with Crippen molar-refractivity contribution in [3.05, 3.63) is 63.7 Å². The van der Waals surface area contributed by atoms with Crippen molar-refractivity contribution in [2.75, 3.05) is 12.0 Å². The number of methoxy groups -OCH3 is 1. The van der Waals surface area contributed by atoms with Gasteiger partial charge in [0.1, 0.15) is 11.8 Å². The first kappa shape index (κ1) is 23.4. The van der Waals surface area contributed by atoms with Crippen LogP contribution in [0.5, 0.6) is 5.75 Å². The number of non-ortho nitro benzene ring substituents is 1. The van der Waals surface area contributed by atoms with Crippen molar-refractivity contribution in [2.45, 2.75) is 32.7 Å². The number of carbonyl (C=O) groups is 4. The highest BCUT2D eigenvalue weighted by Crippen LogP contribution is 2.35. The number of hydrogen-bond acceptors (Lipinski definition) is 7. The summed E-state index contributed by atoms with van der Waals surface area (Å²) in [4.78, 5) is 62.5. The molecule has 1 saturated heterocycles. The van der Waals surface area contributed by atoms with E-state index in [1.807, 2.05) is 0 Å². The van der Waals surface area contributed by atoms with Crippen LogP contribution in [0.1, 0.15) is 35.7 Å². The van der Waals surface area contributed by atoms with Gasteiger partial charge in [-0.05, 0) is 25.1 Å². The van der Waals surface area contributed by atoms with Gasteiger partial charge in [0.2, 0.25) is 11.8 Å². The molecule has 11 heteroatoms. The zero-order chi connectivity index (χ0) is 24.3. The van der Waals surface area contributed by atoms with E-state index in [4.69, 9.17) is 4.74 Å². The number of ether oxygens (including phenoxy) is 1. The average Bonchev–Trinajstić information content (AvgIpc) is 3.09. The molecule has 1 unspecified atom stereocenters. The standard InChI is InChI=1S/C22H22N4O7/c1-4-19(27)25(23-21(29)14-7-5-6-13(2)10-14)17-12-20(28)24(22(17)30)16-9-8-15(26(31)32)11-18(16)33-3/h5-11,17H,4,12H2,1-3H3,(H,23,29). The van der Waals surface area contributed by atoms with Crippen LogP contribution in [0, 0.1) is 17.0 Å². The number of nitrogens with zero attached hydrogens (tertiary/aromatic N) is 3. The summed E-state index contributed by atoms with van der Waals surface area (Å²) in [6.07, 6.45) is -0.397. The van der Waals surface area contributed by atoms with Gasteiger partial charge in [-0.15, -0.1) is 0 Å². The lowest BCUT2D eigenvalue weighted by Gasteiger charge is -2.27. The van der Waals surface area contributed by atoms with E-state index in [-0.39, 0.29) is 35.5 Å². The van der Waals surface area contributed by atoms with Crippen LogP contribution in [0.4, 0.5) is 11.4 Å². The van der Waals surface area contributed by atoms with Gasteiger partial charge in [-0.2, -0.15) is 0 Å². The molecule has 1 atom stereocenters. The minimum Gasteiger partial charge on any atom is -0.494 e. The van der Waals surface area contributed by atoms with Crippen LogP contribution in [-0.2, 0) is 14.4 Å². The molecule has 11 nitrogen and oxygen atoms in total. The van der Waals surface area contributed by atoms with Gasteiger partial charge in [0.15, 0.2) is 0 Å². The zero-order valence-electron chi connectivity index (χ0n) is 18.2. The van der Waals surface area contributed by atoms with Crippen molar-refractivity contribution < 1.29 is 28.8 Å². The summed E-state index contributed by atoms with van der Waals surface area (Å²) in [5, 5.41) is 11.9. The van der Waals surface area contributed by atoms with Crippen LogP contribution in [0.2, 0.25) is 0 Å². The molecule has 0 aromatic heterocycles. The molecule has 0 saturated carbocycles. The molecule has 1 fully saturated rings. The number of imide groups is 1. The molecule has 3 rings (SSSR count). The molecule has 172 valence electrons. The van der Waals surface area contributed by atoms with Gasteiger partial charge >= 0.3 is 0 Å². The highest BCUT2D eigenvalue weighted by atomic mass is 16.6. The van der Waals surface area contributed by atoms with E-state index in [2.05, 4.69) is 5.43 Å². The zero-order valence-corrected chi connectivity index (χ0v) is 18.2. The second kappa shape index (κ2) is 9.47. The van der Waals surface area contributed by atoms with Crippen molar-refractivity contribution in [1.29, 1.82) is 0 Å². The Bertz CT molecular complexity index is 1150. The molecule has 2 aromatic rings. The summed E-state index contributed by atoms with van der Waals surface area (Å²) in [6.45, 7) is 3.37. The minimum atomic E-state index is -1.28. The Labute approximate surface area is 189 Å². The van der Waals surface area contributed by atoms with Gasteiger partial charge in [0.05, 0.1) is 30.2 Å². The smallest absolute Gasteiger partial charge is 0.273 e. The third-order valence-electron chi connectivity index (χ3n) is 5.12. The van der Waals surface area contributed by atoms with Gasteiger partial charge in [0.25, 0.3) is 17.5 Å². The first-order chi connectivity index (χ1) is 15.7. The van der Waals surface area contributed by atoms with Crippen molar-refractivity contribution in [3.8, 4) is 5.75 Å². The topological polar surface area (TPSA) is 139 Å². The maximum atomic E-state index is 13.2. The van der Waals surface area contributed by atoms with E-state index >= 15 is 0 Å². The van der Waals surface area contributed by atoms with E-state index < -0.39 is 34.6 Å². The van der Waals surface area contributed by atoms with Gasteiger partial charge < -0.3 is 4.74 Å². The second-order valence-electron chi connectivity index (χ2n) is 7.33. The van der Waals surface area contributed by atoms with Crippen LogP contribution < -0.4 is 15.1 Å². The molecule has 0 aliphatic carbocycles. The third-order valence-corrected chi connectivity index (χ3v) is 5.12. The lowest BCUT2D eigenvalue weighted by Crippen LogP contribution is -2.54.